The molecule has 0 aliphatic rings. The standard InChI is InChI=1S/C12H18N2O2/c1-4-16-11-8-6-5-7-10(11)14-9(2)12(15)13-3/h5-9,14H,4H2,1-3H3,(H,13,15)/t9-/m1/s1. The quantitative estimate of drug-likeness (QED) is 0.796. The van der Waals surface area contributed by atoms with Gasteiger partial charge in [-0.2, -0.15) is 0 Å². The van der Waals surface area contributed by atoms with Crippen molar-refractivity contribution < 1.29 is 9.53 Å². The lowest BCUT2D eigenvalue weighted by Crippen LogP contribution is -2.35. The molecule has 4 nitrogen and oxygen atoms in total. The normalized spacial score (nSPS) is 11.7. The van der Waals surface area contributed by atoms with Crippen molar-refractivity contribution in [3.8, 4) is 5.75 Å². The lowest BCUT2D eigenvalue weighted by atomic mass is 10.2. The maximum Gasteiger partial charge on any atom is 0.241 e. The maximum atomic E-state index is 11.4. The van der Waals surface area contributed by atoms with Gasteiger partial charge in [-0.25, -0.2) is 0 Å². The van der Waals surface area contributed by atoms with Gasteiger partial charge in [-0.05, 0) is 26.0 Å². The predicted octanol–water partition coefficient (Wildman–Crippen LogP) is 1.63. The maximum absolute atomic E-state index is 11.4. The molecule has 1 amide bonds. The Morgan fingerprint density at radius 1 is 1.44 bits per heavy atom. The number of likely N-dealkylation sites (N-methyl/N-ethyl adjacent to an activating group) is 1. The van der Waals surface area contributed by atoms with E-state index in [-0.39, 0.29) is 11.9 Å². The average molecular weight is 222 g/mol. The van der Waals surface area contributed by atoms with E-state index in [9.17, 15) is 4.79 Å². The van der Waals surface area contributed by atoms with Gasteiger partial charge in [0.05, 0.1) is 12.3 Å². The number of carbonyl (C=O) groups is 1. The van der Waals surface area contributed by atoms with Crippen LogP contribution in [0.25, 0.3) is 0 Å². The van der Waals surface area contributed by atoms with Crippen LogP contribution in [0.15, 0.2) is 24.3 Å². The second-order valence-corrected chi connectivity index (χ2v) is 3.41. The number of carbonyl (C=O) groups excluding carboxylic acids is 1. The monoisotopic (exact) mass is 222 g/mol. The van der Waals surface area contributed by atoms with Crippen molar-refractivity contribution >= 4 is 11.6 Å². The topological polar surface area (TPSA) is 50.4 Å². The van der Waals surface area contributed by atoms with E-state index in [1.54, 1.807) is 7.05 Å². The molecule has 0 heterocycles. The second kappa shape index (κ2) is 6.00. The highest BCUT2D eigenvalue weighted by molar-refractivity contribution is 5.84. The third-order valence-electron chi connectivity index (χ3n) is 2.20. The van der Waals surface area contributed by atoms with Gasteiger partial charge >= 0.3 is 0 Å². The molecule has 1 aromatic carbocycles. The zero-order valence-electron chi connectivity index (χ0n) is 9.91. The lowest BCUT2D eigenvalue weighted by Gasteiger charge is -2.16. The molecule has 0 saturated heterocycles. The predicted molar refractivity (Wildman–Crippen MR) is 64.8 cm³/mol. The first-order valence-electron chi connectivity index (χ1n) is 5.39. The summed E-state index contributed by atoms with van der Waals surface area (Å²) in [7, 11) is 1.62. The fraction of sp³-hybridized carbons (Fsp3) is 0.417. The number of hydrogen-bond acceptors (Lipinski definition) is 3. The molecule has 88 valence electrons. The van der Waals surface area contributed by atoms with E-state index in [2.05, 4.69) is 10.6 Å². The summed E-state index contributed by atoms with van der Waals surface area (Å²) in [6.07, 6.45) is 0. The first-order chi connectivity index (χ1) is 7.69. The molecule has 4 heteroatoms. The molecule has 0 unspecified atom stereocenters. The third kappa shape index (κ3) is 3.15. The molecule has 1 aromatic rings. The lowest BCUT2D eigenvalue weighted by molar-refractivity contribution is -0.121. The number of anilines is 1. The smallest absolute Gasteiger partial charge is 0.241 e. The first-order valence-corrected chi connectivity index (χ1v) is 5.39. The molecule has 0 aromatic heterocycles. The van der Waals surface area contributed by atoms with Gasteiger partial charge in [-0.3, -0.25) is 4.79 Å². The van der Waals surface area contributed by atoms with E-state index in [1.807, 2.05) is 38.1 Å². The summed E-state index contributed by atoms with van der Waals surface area (Å²) < 4.78 is 5.46. The summed E-state index contributed by atoms with van der Waals surface area (Å²) in [4.78, 5) is 11.4. The largest absolute Gasteiger partial charge is 0.492 e. The fourth-order valence-electron chi connectivity index (χ4n) is 1.38. The fourth-order valence-corrected chi connectivity index (χ4v) is 1.38. The molecule has 0 spiro atoms. The molecule has 0 radical (unpaired) electrons. The zero-order chi connectivity index (χ0) is 12.0. The van der Waals surface area contributed by atoms with Gasteiger partial charge in [0.25, 0.3) is 0 Å². The highest BCUT2D eigenvalue weighted by Crippen LogP contribution is 2.24. The van der Waals surface area contributed by atoms with Gasteiger partial charge in [-0.15, -0.1) is 0 Å². The van der Waals surface area contributed by atoms with Crippen LogP contribution in [-0.2, 0) is 4.79 Å². The van der Waals surface area contributed by atoms with Gasteiger partial charge in [0.15, 0.2) is 0 Å². The van der Waals surface area contributed by atoms with Crippen molar-refractivity contribution in [2.75, 3.05) is 19.0 Å². The van der Waals surface area contributed by atoms with E-state index in [1.165, 1.54) is 0 Å². The van der Waals surface area contributed by atoms with Crippen LogP contribution in [0.5, 0.6) is 5.75 Å². The summed E-state index contributed by atoms with van der Waals surface area (Å²) in [6, 6.07) is 7.29. The van der Waals surface area contributed by atoms with Crippen molar-refractivity contribution in [3.63, 3.8) is 0 Å². The molecule has 1 rings (SSSR count). The van der Waals surface area contributed by atoms with Crippen LogP contribution in [0.1, 0.15) is 13.8 Å². The number of benzene rings is 1. The molecule has 0 bridgehead atoms. The van der Waals surface area contributed by atoms with Crippen LogP contribution in [0, 0.1) is 0 Å². The second-order valence-electron chi connectivity index (χ2n) is 3.41. The third-order valence-corrected chi connectivity index (χ3v) is 2.20. The number of amides is 1. The Hall–Kier alpha value is -1.71. The molecule has 0 fully saturated rings. The van der Waals surface area contributed by atoms with E-state index < -0.39 is 0 Å². The number of nitrogens with one attached hydrogen (secondary N) is 2. The summed E-state index contributed by atoms with van der Waals surface area (Å²) in [5.41, 5.74) is 0.834. The SMILES string of the molecule is CCOc1ccccc1N[C@H](C)C(=O)NC. The Kier molecular flexibility index (Phi) is 4.64. The van der Waals surface area contributed by atoms with Crippen molar-refractivity contribution in [3.05, 3.63) is 24.3 Å². The summed E-state index contributed by atoms with van der Waals surface area (Å²) >= 11 is 0. The number of ether oxygens (including phenoxy) is 1. The van der Waals surface area contributed by atoms with Gasteiger partial charge in [0, 0.05) is 7.05 Å². The number of hydrogen-bond donors (Lipinski definition) is 2. The molecule has 16 heavy (non-hydrogen) atoms. The Morgan fingerprint density at radius 3 is 2.75 bits per heavy atom. The Labute approximate surface area is 96.0 Å². The van der Waals surface area contributed by atoms with Crippen molar-refractivity contribution in [1.29, 1.82) is 0 Å². The molecular weight excluding hydrogens is 204 g/mol. The number of para-hydroxylation sites is 2. The molecule has 2 N–H and O–H groups in total. The van der Waals surface area contributed by atoms with Gasteiger partial charge < -0.3 is 15.4 Å². The molecule has 1 atom stereocenters. The van der Waals surface area contributed by atoms with Crippen molar-refractivity contribution in [1.82, 2.24) is 5.32 Å². The van der Waals surface area contributed by atoms with Gasteiger partial charge in [-0.1, -0.05) is 12.1 Å². The number of rotatable bonds is 5. The van der Waals surface area contributed by atoms with E-state index in [0.717, 1.165) is 11.4 Å². The Morgan fingerprint density at radius 2 is 2.12 bits per heavy atom. The summed E-state index contributed by atoms with van der Waals surface area (Å²) in [5.74, 6) is 0.715. The van der Waals surface area contributed by atoms with E-state index in [4.69, 9.17) is 4.74 Å². The van der Waals surface area contributed by atoms with Crippen LogP contribution >= 0.6 is 0 Å². The highest BCUT2D eigenvalue weighted by Gasteiger charge is 2.12. The highest BCUT2D eigenvalue weighted by atomic mass is 16.5. The minimum atomic E-state index is -0.286. The molecule has 0 saturated carbocycles. The molecule has 0 aliphatic carbocycles. The van der Waals surface area contributed by atoms with Crippen LogP contribution in [0.3, 0.4) is 0 Å². The average Bonchev–Trinajstić information content (AvgIpc) is 2.31. The Bertz CT molecular complexity index is 353. The molecule has 0 aliphatic heterocycles. The van der Waals surface area contributed by atoms with Crippen LogP contribution in [0.4, 0.5) is 5.69 Å². The van der Waals surface area contributed by atoms with Gasteiger partial charge in [0.2, 0.25) is 5.91 Å². The van der Waals surface area contributed by atoms with E-state index >= 15 is 0 Å². The van der Waals surface area contributed by atoms with Gasteiger partial charge in [0.1, 0.15) is 11.8 Å². The summed E-state index contributed by atoms with van der Waals surface area (Å²) in [6.45, 7) is 4.34. The van der Waals surface area contributed by atoms with Crippen molar-refractivity contribution in [2.45, 2.75) is 19.9 Å². The van der Waals surface area contributed by atoms with Crippen LogP contribution in [0.2, 0.25) is 0 Å². The van der Waals surface area contributed by atoms with E-state index in [0.29, 0.717) is 6.61 Å². The minimum absolute atomic E-state index is 0.0497. The molecular formula is C12H18N2O2. The van der Waals surface area contributed by atoms with Crippen LogP contribution in [-0.4, -0.2) is 25.6 Å². The Balaban J connectivity index is 2.75. The first kappa shape index (κ1) is 12.4. The zero-order valence-corrected chi connectivity index (χ0v) is 9.91. The van der Waals surface area contributed by atoms with Crippen molar-refractivity contribution in [2.24, 2.45) is 0 Å². The van der Waals surface area contributed by atoms with Crippen LogP contribution < -0.4 is 15.4 Å². The minimum Gasteiger partial charge on any atom is -0.492 e. The summed E-state index contributed by atoms with van der Waals surface area (Å²) in [5, 5.41) is 5.70.